The predicted octanol–water partition coefficient (Wildman–Crippen LogP) is -5.14. The third kappa shape index (κ3) is 32.3. The van der Waals surface area contributed by atoms with E-state index in [0.29, 0.717) is 37.1 Å². The highest BCUT2D eigenvalue weighted by atomic mass is 16.4. The van der Waals surface area contributed by atoms with Gasteiger partial charge in [0.2, 0.25) is 88.6 Å². The Morgan fingerprint density at radius 1 is 0.559 bits per heavy atom. The van der Waals surface area contributed by atoms with Crippen molar-refractivity contribution < 1.29 is 86.9 Å². The fourth-order valence-corrected chi connectivity index (χ4v) is 12.4. The number of aliphatic hydroxyl groups is 1. The van der Waals surface area contributed by atoms with E-state index >= 15 is 0 Å². The van der Waals surface area contributed by atoms with E-state index in [-0.39, 0.29) is 88.2 Å². The van der Waals surface area contributed by atoms with E-state index in [1.807, 2.05) is 0 Å². The Balaban J connectivity index is 1.56. The summed E-state index contributed by atoms with van der Waals surface area (Å²) >= 11 is 0. The van der Waals surface area contributed by atoms with E-state index in [0.717, 1.165) is 6.42 Å². The van der Waals surface area contributed by atoms with Gasteiger partial charge in [-0.25, -0.2) is 4.98 Å². The van der Waals surface area contributed by atoms with Crippen molar-refractivity contribution in [3.63, 3.8) is 0 Å². The Morgan fingerprint density at radius 3 is 1.57 bits per heavy atom. The summed E-state index contributed by atoms with van der Waals surface area (Å²) in [5.74, 6) is -15.9. The molecule has 39 heteroatoms. The number of carboxylic acids is 1. The zero-order chi connectivity index (χ0) is 82.8. The molecule has 2 fully saturated rings. The average molecular weight is 1560 g/mol. The van der Waals surface area contributed by atoms with Gasteiger partial charge in [-0.3, -0.25) is 81.7 Å². The summed E-state index contributed by atoms with van der Waals surface area (Å²) in [6.07, 6.45) is 2.66. The normalized spacial score (nSPS) is 17.2. The molecule has 111 heavy (non-hydrogen) atoms. The lowest BCUT2D eigenvalue weighted by Crippen LogP contribution is -2.62. The van der Waals surface area contributed by atoms with E-state index in [1.54, 1.807) is 85.7 Å². The van der Waals surface area contributed by atoms with Crippen molar-refractivity contribution in [2.45, 2.75) is 237 Å². The van der Waals surface area contributed by atoms with Crippen molar-refractivity contribution in [2.24, 2.45) is 51.6 Å². The lowest BCUT2D eigenvalue weighted by molar-refractivity contribution is -0.143. The molecule has 0 radical (unpaired) electrons. The van der Waals surface area contributed by atoms with Crippen molar-refractivity contribution in [1.82, 2.24) is 84.0 Å². The molecule has 2 aliphatic heterocycles. The van der Waals surface area contributed by atoms with Gasteiger partial charge in [-0.05, 0) is 107 Å². The number of imidazole rings is 1. The van der Waals surface area contributed by atoms with E-state index in [1.165, 1.54) is 24.3 Å². The van der Waals surface area contributed by atoms with Crippen LogP contribution in [0.3, 0.4) is 0 Å². The second kappa shape index (κ2) is 46.6. The minimum Gasteiger partial charge on any atom is -0.480 e. The topological polar surface area (TPSA) is 618 Å². The fourth-order valence-electron chi connectivity index (χ4n) is 12.4. The van der Waals surface area contributed by atoms with Crippen LogP contribution in [0.15, 0.2) is 47.8 Å². The highest BCUT2D eigenvalue weighted by Crippen LogP contribution is 2.23. The Morgan fingerprint density at radius 2 is 1.06 bits per heavy atom. The summed E-state index contributed by atoms with van der Waals surface area (Å²) in [7, 11) is 0. The number of benzene rings is 1. The number of aliphatic carboxylic acids is 1. The molecule has 0 aliphatic carbocycles. The van der Waals surface area contributed by atoms with Crippen LogP contribution in [-0.2, 0) is 89.6 Å². The van der Waals surface area contributed by atoms with Crippen molar-refractivity contribution in [1.29, 1.82) is 0 Å². The SMILES string of the molecule is CC[C@H](C)[C@H](NC(=O)[C@H](C)NC(=O)[C@H](CC(N)=O)NC(=O)[C@@H]1CCCN1)C(=O)N1CCC[C@H]1C(=O)N[C@@H](CC(C)C)C(=O)N[C@@H](CO)C(=O)N[C@@H](Cc1ccccc1)C(=O)N[C@@H](CCC(N)=O)C(=O)N[C@@H](Cc1cnc[nH]1)C(=O)N[C@@H](CC(C)C)C(=O)N[C@@H](CC(C)C)C(=O)N[C@@H](CCCN=C(N)N)C(=O)NCC(=O)O. The third-order valence-corrected chi connectivity index (χ3v) is 18.5. The molecule has 0 unspecified atom stereocenters. The monoisotopic (exact) mass is 1560 g/mol. The molecule has 1 aromatic carbocycles. The number of aliphatic hydroxyl groups excluding tert-OH is 1. The van der Waals surface area contributed by atoms with Crippen LogP contribution in [0.5, 0.6) is 0 Å². The number of carbonyl (C=O) groups excluding carboxylic acids is 15. The van der Waals surface area contributed by atoms with Crippen LogP contribution >= 0.6 is 0 Å². The van der Waals surface area contributed by atoms with Gasteiger partial charge in [-0.2, -0.15) is 0 Å². The van der Waals surface area contributed by atoms with Gasteiger partial charge < -0.3 is 112 Å². The second-order valence-electron chi connectivity index (χ2n) is 29.3. The molecule has 15 amide bonds. The molecular weight excluding hydrogens is 1450 g/mol. The third-order valence-electron chi connectivity index (χ3n) is 18.5. The fraction of sp³-hybridized carbons (Fsp3) is 0.639. The number of guanidine groups is 1. The molecule has 0 spiro atoms. The van der Waals surface area contributed by atoms with Crippen LogP contribution in [0.1, 0.15) is 157 Å². The first kappa shape index (κ1) is 92.5. The first-order valence-corrected chi connectivity index (χ1v) is 37.5. The van der Waals surface area contributed by atoms with Gasteiger partial charge in [-0.1, -0.05) is 92.1 Å². The number of aliphatic imine (C=N–C) groups is 1. The molecule has 2 aliphatic rings. The second-order valence-corrected chi connectivity index (χ2v) is 29.3. The minimum absolute atomic E-state index is 0.0205. The lowest BCUT2D eigenvalue weighted by Gasteiger charge is -2.33. The summed E-state index contributed by atoms with van der Waals surface area (Å²) in [4.78, 5) is 232. The molecule has 0 bridgehead atoms. The Kier molecular flexibility index (Phi) is 38.8. The maximum atomic E-state index is 14.8. The van der Waals surface area contributed by atoms with Gasteiger partial charge in [-0.15, -0.1) is 0 Å². The Bertz CT molecular complexity index is 3530. The van der Waals surface area contributed by atoms with E-state index in [4.69, 9.17) is 22.9 Å². The van der Waals surface area contributed by atoms with Crippen molar-refractivity contribution in [3.05, 3.63) is 54.1 Å². The maximum absolute atomic E-state index is 14.8. The molecule has 2 saturated heterocycles. The number of nitrogens with zero attached hydrogens (tertiary/aromatic N) is 3. The molecule has 1 aromatic heterocycles. The number of primary amides is 2. The highest BCUT2D eigenvalue weighted by molar-refractivity contribution is 6.01. The van der Waals surface area contributed by atoms with Gasteiger partial charge in [0.15, 0.2) is 5.96 Å². The maximum Gasteiger partial charge on any atom is 0.322 e. The van der Waals surface area contributed by atoms with Crippen molar-refractivity contribution in [3.8, 4) is 0 Å². The molecule has 24 N–H and O–H groups in total. The average Bonchev–Trinajstić information content (AvgIpc) is 1.59. The summed E-state index contributed by atoms with van der Waals surface area (Å²) in [5.41, 5.74) is 22.6. The van der Waals surface area contributed by atoms with Crippen molar-refractivity contribution in [2.75, 3.05) is 32.8 Å². The van der Waals surface area contributed by atoms with E-state index < -0.39 is 211 Å². The van der Waals surface area contributed by atoms with Gasteiger partial charge in [0.1, 0.15) is 79.0 Å². The molecule has 2 aromatic rings. The highest BCUT2D eigenvalue weighted by Gasteiger charge is 2.43. The number of carbonyl (C=O) groups is 16. The molecule has 616 valence electrons. The quantitative estimate of drug-likeness (QED) is 0.0167. The van der Waals surface area contributed by atoms with Crippen molar-refractivity contribution >= 4 is 101 Å². The van der Waals surface area contributed by atoms with Crippen LogP contribution in [0.25, 0.3) is 0 Å². The first-order chi connectivity index (χ1) is 52.4. The Labute approximate surface area is 644 Å². The summed E-state index contributed by atoms with van der Waals surface area (Å²) in [6, 6.07) is -9.62. The summed E-state index contributed by atoms with van der Waals surface area (Å²) in [6.45, 7) is 14.2. The number of aromatic nitrogens is 2. The molecular formula is C72H115N21O18. The van der Waals surface area contributed by atoms with Gasteiger partial charge in [0.05, 0.1) is 25.4 Å². The Hall–Kier alpha value is -10.9. The van der Waals surface area contributed by atoms with Crippen LogP contribution < -0.4 is 92.1 Å². The number of amides is 15. The number of H-pyrrole nitrogens is 1. The number of likely N-dealkylation sites (tertiary alicyclic amines) is 1. The van der Waals surface area contributed by atoms with Gasteiger partial charge >= 0.3 is 5.97 Å². The van der Waals surface area contributed by atoms with Crippen LogP contribution in [0.2, 0.25) is 0 Å². The number of hydrogen-bond donors (Lipinski definition) is 20. The summed E-state index contributed by atoms with van der Waals surface area (Å²) in [5, 5.41) is 53.8. The number of aromatic amines is 1. The smallest absolute Gasteiger partial charge is 0.322 e. The number of hydrogen-bond acceptors (Lipinski definition) is 20. The van der Waals surface area contributed by atoms with Crippen LogP contribution in [-0.4, -0.2) is 237 Å². The van der Waals surface area contributed by atoms with Gasteiger partial charge in [0.25, 0.3) is 0 Å². The van der Waals surface area contributed by atoms with E-state index in [9.17, 15) is 86.9 Å². The first-order valence-electron chi connectivity index (χ1n) is 37.5. The molecule has 4 rings (SSSR count). The number of rotatable bonds is 48. The molecule has 39 nitrogen and oxygen atoms in total. The largest absolute Gasteiger partial charge is 0.480 e. The zero-order valence-electron chi connectivity index (χ0n) is 64.6. The van der Waals surface area contributed by atoms with Crippen LogP contribution in [0.4, 0.5) is 0 Å². The number of nitrogens with two attached hydrogens (primary N) is 4. The molecule has 0 saturated carbocycles. The molecule has 14 atom stereocenters. The van der Waals surface area contributed by atoms with E-state index in [2.05, 4.69) is 84.1 Å². The number of nitrogens with one attached hydrogen (secondary N) is 14. The number of carboxylic acid groups (broad SMARTS) is 1. The molecule has 3 heterocycles. The zero-order valence-corrected chi connectivity index (χ0v) is 64.6. The van der Waals surface area contributed by atoms with Crippen LogP contribution in [0, 0.1) is 23.7 Å². The summed E-state index contributed by atoms with van der Waals surface area (Å²) < 4.78 is 0. The predicted molar refractivity (Wildman–Crippen MR) is 403 cm³/mol. The standard InChI is InChI=1S/C72H115N21O18/c1-10-40(8)58(92-59(99)41(9)82-63(103)52(32-56(74)96)89-61(101)44-19-14-24-78-44)71(111)93-26-16-21-54(93)70(110)90-49(29-39(6)7)66(106)91-53(35-94)69(109)87-50(30-42-17-12-11-13-18-42)67(107)84-46(22-23-55(73)95)62(102)88-51(31-43-33-77-36-81-43)68(108)86-48(28-38(4)5)65(105)85-47(27-37(2)3)64(104)83-45(20-15-25-79-72(75)76)60(100)80-34-57(97)98/h11-13,17-18,33,36-41,44-54,58,78,94H,10,14-16,19-32,34-35H2,1-9H3,(H2,73,95)(H2,74,96)(H,77,81)(H,80,100)(H,82,103)(H,83,104)(H,84,107)(H,85,105)(H,86,108)(H,87,109)(H,88,102)(H,89,101)(H,90,110)(H,91,106)(H,92,99)(H,97,98)(H4,75,76,79)/t40-,41-,44-,45-,46-,47-,48-,49-,50-,51-,52-,53-,54-,58-/m0/s1. The minimum atomic E-state index is -1.81. The lowest BCUT2D eigenvalue weighted by atomic mass is 9.96. The van der Waals surface area contributed by atoms with Gasteiger partial charge in [0, 0.05) is 44.2 Å².